The summed E-state index contributed by atoms with van der Waals surface area (Å²) in [7, 11) is -2.87. The third-order valence-corrected chi connectivity index (χ3v) is 3.85. The molecule has 0 aromatic carbocycles. The molecular formula is C11H23NO3S. The lowest BCUT2D eigenvalue weighted by Gasteiger charge is -2.23. The number of ether oxygens (including phenoxy) is 1. The number of rotatable bonds is 7. The molecular weight excluding hydrogens is 226 g/mol. The van der Waals surface area contributed by atoms with Crippen molar-refractivity contribution in [2.45, 2.75) is 44.8 Å². The van der Waals surface area contributed by atoms with Crippen LogP contribution in [-0.2, 0) is 14.6 Å². The van der Waals surface area contributed by atoms with Crippen LogP contribution in [0.15, 0.2) is 0 Å². The summed E-state index contributed by atoms with van der Waals surface area (Å²) in [5.74, 6) is 0.244. The normalized spacial score (nSPS) is 23.5. The molecule has 0 amide bonds. The Bertz CT molecular complexity index is 284. The van der Waals surface area contributed by atoms with Crippen LogP contribution in [0.2, 0.25) is 0 Å². The summed E-state index contributed by atoms with van der Waals surface area (Å²) < 4.78 is 27.9. The lowest BCUT2D eigenvalue weighted by Crippen LogP contribution is -2.41. The summed E-state index contributed by atoms with van der Waals surface area (Å²) in [5.41, 5.74) is 0. The molecule has 1 heterocycles. The van der Waals surface area contributed by atoms with Gasteiger partial charge in [-0.15, -0.1) is 0 Å². The molecule has 1 aliphatic heterocycles. The summed E-state index contributed by atoms with van der Waals surface area (Å²) >= 11 is 0. The predicted molar refractivity (Wildman–Crippen MR) is 65.4 cm³/mol. The lowest BCUT2D eigenvalue weighted by atomic mass is 10.1. The maximum absolute atomic E-state index is 11.2. The van der Waals surface area contributed by atoms with Crippen LogP contribution in [0, 0.1) is 0 Å². The van der Waals surface area contributed by atoms with E-state index < -0.39 is 9.84 Å². The Hall–Kier alpha value is -0.130. The van der Waals surface area contributed by atoms with Crippen LogP contribution in [0.4, 0.5) is 0 Å². The summed E-state index contributed by atoms with van der Waals surface area (Å²) in [5, 5.41) is 3.39. The molecule has 0 aromatic heterocycles. The SMILES string of the molecule is CCCNC(CCS(C)(=O)=O)C1CCCO1. The van der Waals surface area contributed by atoms with Crippen LogP contribution < -0.4 is 5.32 Å². The van der Waals surface area contributed by atoms with Gasteiger partial charge in [-0.2, -0.15) is 0 Å². The van der Waals surface area contributed by atoms with Gasteiger partial charge in [-0.3, -0.25) is 0 Å². The van der Waals surface area contributed by atoms with Gasteiger partial charge >= 0.3 is 0 Å². The number of hydrogen-bond donors (Lipinski definition) is 1. The molecule has 0 bridgehead atoms. The first-order chi connectivity index (χ1) is 7.53. The van der Waals surface area contributed by atoms with Crippen molar-refractivity contribution in [2.75, 3.05) is 25.2 Å². The minimum absolute atomic E-state index is 0.192. The monoisotopic (exact) mass is 249 g/mol. The molecule has 0 aliphatic carbocycles. The summed E-state index contributed by atoms with van der Waals surface area (Å²) in [4.78, 5) is 0. The van der Waals surface area contributed by atoms with Crippen LogP contribution in [0.1, 0.15) is 32.6 Å². The molecule has 0 aromatic rings. The predicted octanol–water partition coefficient (Wildman–Crippen LogP) is 0.968. The van der Waals surface area contributed by atoms with Gasteiger partial charge in [-0.25, -0.2) is 8.42 Å². The molecule has 96 valence electrons. The Balaban J connectivity index is 2.42. The number of hydrogen-bond acceptors (Lipinski definition) is 4. The quantitative estimate of drug-likeness (QED) is 0.730. The van der Waals surface area contributed by atoms with Crippen molar-refractivity contribution in [3.63, 3.8) is 0 Å². The van der Waals surface area contributed by atoms with Gasteiger partial charge in [0, 0.05) is 18.9 Å². The first-order valence-corrected chi connectivity index (χ1v) is 8.11. The van der Waals surface area contributed by atoms with E-state index in [0.29, 0.717) is 6.42 Å². The highest BCUT2D eigenvalue weighted by molar-refractivity contribution is 7.90. The second kappa shape index (κ2) is 6.57. The zero-order valence-electron chi connectivity index (χ0n) is 10.2. The Kier molecular flexibility index (Phi) is 5.72. The van der Waals surface area contributed by atoms with Crippen molar-refractivity contribution >= 4 is 9.84 Å². The van der Waals surface area contributed by atoms with Crippen LogP contribution in [0.3, 0.4) is 0 Å². The molecule has 1 aliphatic rings. The first kappa shape index (κ1) is 13.9. The van der Waals surface area contributed by atoms with Crippen molar-refractivity contribution in [1.29, 1.82) is 0 Å². The van der Waals surface area contributed by atoms with Crippen molar-refractivity contribution in [3.8, 4) is 0 Å². The highest BCUT2D eigenvalue weighted by Crippen LogP contribution is 2.18. The van der Waals surface area contributed by atoms with E-state index in [4.69, 9.17) is 4.74 Å². The molecule has 2 unspecified atom stereocenters. The zero-order chi connectivity index (χ0) is 12.0. The minimum Gasteiger partial charge on any atom is -0.377 e. The Morgan fingerprint density at radius 1 is 1.50 bits per heavy atom. The van der Waals surface area contributed by atoms with Gasteiger partial charge in [0.25, 0.3) is 0 Å². The van der Waals surface area contributed by atoms with E-state index in [-0.39, 0.29) is 17.9 Å². The molecule has 1 fully saturated rings. The number of sulfone groups is 1. The van der Waals surface area contributed by atoms with E-state index >= 15 is 0 Å². The van der Waals surface area contributed by atoms with Gasteiger partial charge in [-0.1, -0.05) is 6.92 Å². The highest BCUT2D eigenvalue weighted by atomic mass is 32.2. The second-order valence-corrected chi connectivity index (χ2v) is 6.79. The number of nitrogens with one attached hydrogen (secondary N) is 1. The van der Waals surface area contributed by atoms with Crippen LogP contribution >= 0.6 is 0 Å². The molecule has 2 atom stereocenters. The van der Waals surface area contributed by atoms with Gasteiger partial charge in [0.05, 0.1) is 11.9 Å². The molecule has 0 radical (unpaired) electrons. The molecule has 4 nitrogen and oxygen atoms in total. The van der Waals surface area contributed by atoms with Crippen LogP contribution in [0.25, 0.3) is 0 Å². The lowest BCUT2D eigenvalue weighted by molar-refractivity contribution is 0.0774. The summed E-state index contributed by atoms with van der Waals surface area (Å²) in [6.45, 7) is 3.85. The van der Waals surface area contributed by atoms with E-state index in [1.165, 1.54) is 6.26 Å². The van der Waals surface area contributed by atoms with Gasteiger partial charge < -0.3 is 10.1 Å². The second-order valence-electron chi connectivity index (χ2n) is 4.53. The van der Waals surface area contributed by atoms with Crippen molar-refractivity contribution < 1.29 is 13.2 Å². The standard InChI is InChI=1S/C11H23NO3S/c1-3-7-12-10(6-9-16(2,13)14)11-5-4-8-15-11/h10-12H,3-9H2,1-2H3. The topological polar surface area (TPSA) is 55.4 Å². The maximum atomic E-state index is 11.2. The smallest absolute Gasteiger partial charge is 0.147 e. The maximum Gasteiger partial charge on any atom is 0.147 e. The first-order valence-electron chi connectivity index (χ1n) is 6.05. The molecule has 1 N–H and O–H groups in total. The van der Waals surface area contributed by atoms with E-state index in [1.54, 1.807) is 0 Å². The fourth-order valence-corrected chi connectivity index (χ4v) is 2.69. The van der Waals surface area contributed by atoms with Crippen LogP contribution in [0.5, 0.6) is 0 Å². The molecule has 0 saturated carbocycles. The van der Waals surface area contributed by atoms with E-state index in [9.17, 15) is 8.42 Å². The molecule has 5 heteroatoms. The average Bonchev–Trinajstić information content (AvgIpc) is 2.69. The molecule has 1 saturated heterocycles. The van der Waals surface area contributed by atoms with Crippen molar-refractivity contribution in [3.05, 3.63) is 0 Å². The third kappa shape index (κ3) is 5.27. The van der Waals surface area contributed by atoms with E-state index in [0.717, 1.165) is 32.4 Å². The zero-order valence-corrected chi connectivity index (χ0v) is 11.1. The Labute approximate surface area is 98.7 Å². The van der Waals surface area contributed by atoms with Gasteiger partial charge in [0.1, 0.15) is 9.84 Å². The van der Waals surface area contributed by atoms with Gasteiger partial charge in [-0.05, 0) is 32.2 Å². The molecule has 0 spiro atoms. The van der Waals surface area contributed by atoms with Crippen molar-refractivity contribution in [2.24, 2.45) is 0 Å². The fourth-order valence-electron chi connectivity index (χ4n) is 2.01. The highest BCUT2D eigenvalue weighted by Gasteiger charge is 2.25. The van der Waals surface area contributed by atoms with Crippen LogP contribution in [-0.4, -0.2) is 45.7 Å². The summed E-state index contributed by atoms with van der Waals surface area (Å²) in [6.07, 6.45) is 5.34. The summed E-state index contributed by atoms with van der Waals surface area (Å²) in [6, 6.07) is 0.192. The Morgan fingerprint density at radius 2 is 2.25 bits per heavy atom. The van der Waals surface area contributed by atoms with Gasteiger partial charge in [0.2, 0.25) is 0 Å². The van der Waals surface area contributed by atoms with Gasteiger partial charge in [0.15, 0.2) is 0 Å². The van der Waals surface area contributed by atoms with Crippen molar-refractivity contribution in [1.82, 2.24) is 5.32 Å². The van der Waals surface area contributed by atoms with E-state index in [1.807, 2.05) is 0 Å². The molecule has 1 rings (SSSR count). The largest absolute Gasteiger partial charge is 0.377 e. The van der Waals surface area contributed by atoms with E-state index in [2.05, 4.69) is 12.2 Å². The fraction of sp³-hybridized carbons (Fsp3) is 1.00. The minimum atomic E-state index is -2.87. The third-order valence-electron chi connectivity index (χ3n) is 2.87. The molecule has 16 heavy (non-hydrogen) atoms. The average molecular weight is 249 g/mol. The Morgan fingerprint density at radius 3 is 2.75 bits per heavy atom.